The fourth-order valence-corrected chi connectivity index (χ4v) is 3.84. The molecule has 0 saturated carbocycles. The quantitative estimate of drug-likeness (QED) is 0.757. The predicted molar refractivity (Wildman–Crippen MR) is 85.8 cm³/mol. The molecule has 0 radical (unpaired) electrons. The number of nitrogens with zero attached hydrogens (tertiary/aromatic N) is 1. The van der Waals surface area contributed by atoms with E-state index < -0.39 is 10.8 Å². The second-order valence-electron chi connectivity index (χ2n) is 4.85. The van der Waals surface area contributed by atoms with E-state index in [-0.39, 0.29) is 16.7 Å². The topological polar surface area (TPSA) is 78.6 Å². The second kappa shape index (κ2) is 6.53. The van der Waals surface area contributed by atoms with Crippen LogP contribution in [0.1, 0.15) is 22.2 Å². The Hall–Kier alpha value is -2.47. The number of hydrogen-bond donors (Lipinski definition) is 2. The van der Waals surface area contributed by atoms with Crippen molar-refractivity contribution in [1.82, 2.24) is 15.2 Å². The molecule has 1 unspecified atom stereocenters. The number of hydrogen-bond acceptors (Lipinski definition) is 3. The zero-order chi connectivity index (χ0) is 15.4. The van der Waals surface area contributed by atoms with Crippen LogP contribution >= 0.6 is 0 Å². The number of aromatic nitrogens is 3. The van der Waals surface area contributed by atoms with Crippen LogP contribution in [-0.2, 0) is 16.6 Å². The Labute approximate surface area is 129 Å². The van der Waals surface area contributed by atoms with E-state index >= 15 is 0 Å². The van der Waals surface area contributed by atoms with Crippen LogP contribution in [0.4, 0.5) is 0 Å². The molecule has 0 bridgehead atoms. The highest BCUT2D eigenvalue weighted by Gasteiger charge is 2.22. The number of benzene rings is 2. The molecule has 2 N–H and O–H groups in total. The molecule has 1 heterocycles. The van der Waals surface area contributed by atoms with Gasteiger partial charge >= 0.3 is 5.69 Å². The van der Waals surface area contributed by atoms with Crippen LogP contribution in [-0.4, -0.2) is 19.4 Å². The summed E-state index contributed by atoms with van der Waals surface area (Å²) in [6.07, 6.45) is 0. The van der Waals surface area contributed by atoms with Crippen molar-refractivity contribution >= 4 is 10.8 Å². The van der Waals surface area contributed by atoms with Gasteiger partial charge in [0.15, 0.2) is 0 Å². The van der Waals surface area contributed by atoms with Crippen LogP contribution in [0, 0.1) is 0 Å². The summed E-state index contributed by atoms with van der Waals surface area (Å²) in [5.41, 5.74) is 1.57. The monoisotopic (exact) mass is 313 g/mol. The molecule has 2 aromatic carbocycles. The minimum Gasteiger partial charge on any atom is -0.292 e. The first-order valence-corrected chi connectivity index (χ1v) is 8.23. The van der Waals surface area contributed by atoms with E-state index in [0.717, 1.165) is 11.1 Å². The predicted octanol–water partition coefficient (Wildman–Crippen LogP) is 2.14. The van der Waals surface area contributed by atoms with Crippen LogP contribution in [0.2, 0.25) is 0 Å². The maximum atomic E-state index is 12.9. The van der Waals surface area contributed by atoms with Crippen LogP contribution < -0.4 is 5.69 Å². The van der Waals surface area contributed by atoms with E-state index in [4.69, 9.17) is 0 Å². The SMILES string of the molecule is O=c1[nH]nc(CS(=O)C(c2ccccc2)c2ccccc2)[nH]1. The first kappa shape index (κ1) is 14.5. The molecule has 22 heavy (non-hydrogen) atoms. The van der Waals surface area contributed by atoms with Gasteiger partial charge in [0, 0.05) is 10.8 Å². The lowest BCUT2D eigenvalue weighted by atomic mass is 10.0. The highest BCUT2D eigenvalue weighted by Crippen LogP contribution is 2.29. The van der Waals surface area contributed by atoms with Crippen LogP contribution in [0.3, 0.4) is 0 Å². The number of H-pyrrole nitrogens is 2. The lowest BCUT2D eigenvalue weighted by Gasteiger charge is -2.17. The van der Waals surface area contributed by atoms with Crippen molar-refractivity contribution in [1.29, 1.82) is 0 Å². The summed E-state index contributed by atoms with van der Waals surface area (Å²) in [4.78, 5) is 13.7. The van der Waals surface area contributed by atoms with Crippen molar-refractivity contribution in [3.8, 4) is 0 Å². The lowest BCUT2D eigenvalue weighted by Crippen LogP contribution is -2.12. The summed E-state index contributed by atoms with van der Waals surface area (Å²) in [7, 11) is -1.25. The minimum atomic E-state index is -1.25. The van der Waals surface area contributed by atoms with Crippen molar-refractivity contribution in [3.05, 3.63) is 88.1 Å². The Balaban J connectivity index is 1.95. The average molecular weight is 313 g/mol. The van der Waals surface area contributed by atoms with E-state index in [1.807, 2.05) is 60.7 Å². The molecule has 3 rings (SSSR count). The van der Waals surface area contributed by atoms with E-state index in [2.05, 4.69) is 15.2 Å². The summed E-state index contributed by atoms with van der Waals surface area (Å²) < 4.78 is 12.9. The van der Waals surface area contributed by atoms with Gasteiger partial charge in [0.2, 0.25) is 0 Å². The zero-order valence-electron chi connectivity index (χ0n) is 11.7. The summed E-state index contributed by atoms with van der Waals surface area (Å²) in [6, 6.07) is 19.4. The van der Waals surface area contributed by atoms with E-state index in [0.29, 0.717) is 5.82 Å². The maximum Gasteiger partial charge on any atom is 0.340 e. The van der Waals surface area contributed by atoms with Gasteiger partial charge in [-0.1, -0.05) is 60.7 Å². The van der Waals surface area contributed by atoms with Gasteiger partial charge in [0.1, 0.15) is 5.82 Å². The molecule has 5 nitrogen and oxygen atoms in total. The van der Waals surface area contributed by atoms with Crippen LogP contribution in [0.25, 0.3) is 0 Å². The Morgan fingerprint density at radius 1 is 0.955 bits per heavy atom. The summed E-state index contributed by atoms with van der Waals surface area (Å²) in [5.74, 6) is 0.591. The molecule has 1 aromatic heterocycles. The fraction of sp³-hybridized carbons (Fsp3) is 0.125. The molecule has 0 fully saturated rings. The molecule has 0 saturated heterocycles. The molecule has 0 spiro atoms. The first-order chi connectivity index (χ1) is 10.7. The van der Waals surface area contributed by atoms with Crippen molar-refractivity contribution in [2.75, 3.05) is 0 Å². The average Bonchev–Trinajstić information content (AvgIpc) is 2.95. The summed E-state index contributed by atoms with van der Waals surface area (Å²) in [5, 5.41) is 5.87. The van der Waals surface area contributed by atoms with E-state index in [1.54, 1.807) is 0 Å². The molecular formula is C16H15N3O2S. The van der Waals surface area contributed by atoms with Gasteiger partial charge in [-0.05, 0) is 11.1 Å². The van der Waals surface area contributed by atoms with Gasteiger partial charge in [-0.25, -0.2) is 9.89 Å². The van der Waals surface area contributed by atoms with Crippen molar-refractivity contribution in [2.45, 2.75) is 11.0 Å². The molecule has 6 heteroatoms. The van der Waals surface area contributed by atoms with E-state index in [9.17, 15) is 9.00 Å². The molecule has 0 aliphatic heterocycles. The molecule has 1 atom stereocenters. The van der Waals surface area contributed by atoms with Gasteiger partial charge in [-0.3, -0.25) is 9.19 Å². The van der Waals surface area contributed by atoms with E-state index in [1.165, 1.54) is 0 Å². The van der Waals surface area contributed by atoms with Crippen molar-refractivity contribution in [2.24, 2.45) is 0 Å². The highest BCUT2D eigenvalue weighted by atomic mass is 32.2. The normalized spacial score (nSPS) is 12.4. The zero-order valence-corrected chi connectivity index (χ0v) is 12.5. The molecular weight excluding hydrogens is 298 g/mol. The van der Waals surface area contributed by atoms with Crippen molar-refractivity contribution < 1.29 is 4.21 Å². The number of rotatable bonds is 5. The molecule has 0 amide bonds. The Kier molecular flexibility index (Phi) is 4.29. The largest absolute Gasteiger partial charge is 0.340 e. The smallest absolute Gasteiger partial charge is 0.292 e. The van der Waals surface area contributed by atoms with Crippen molar-refractivity contribution in [3.63, 3.8) is 0 Å². The Morgan fingerprint density at radius 3 is 1.95 bits per heavy atom. The number of aromatic amines is 2. The highest BCUT2D eigenvalue weighted by molar-refractivity contribution is 7.84. The lowest BCUT2D eigenvalue weighted by molar-refractivity contribution is 0.676. The fourth-order valence-electron chi connectivity index (χ4n) is 2.34. The van der Waals surface area contributed by atoms with Gasteiger partial charge in [-0.2, -0.15) is 5.10 Å². The third-order valence-electron chi connectivity index (χ3n) is 3.30. The molecule has 112 valence electrons. The summed E-state index contributed by atoms with van der Waals surface area (Å²) in [6.45, 7) is 0. The number of nitrogens with one attached hydrogen (secondary N) is 2. The van der Waals surface area contributed by atoms with Gasteiger partial charge < -0.3 is 0 Å². The first-order valence-electron chi connectivity index (χ1n) is 6.84. The standard InChI is InChI=1S/C16H15N3O2S/c20-16-17-14(18-19-16)11-22(21)15(12-7-3-1-4-8-12)13-9-5-2-6-10-13/h1-10,15H,11H2,(H2,17,18,19,20). The Bertz CT molecular complexity index is 772. The van der Waals surface area contributed by atoms with Gasteiger partial charge in [0.25, 0.3) is 0 Å². The maximum absolute atomic E-state index is 12.9. The minimum absolute atomic E-state index is 0.188. The van der Waals surface area contributed by atoms with Gasteiger partial charge in [0.05, 0.1) is 11.0 Å². The molecule has 0 aliphatic carbocycles. The Morgan fingerprint density at radius 2 is 1.50 bits per heavy atom. The molecule has 3 aromatic rings. The second-order valence-corrected chi connectivity index (χ2v) is 6.37. The van der Waals surface area contributed by atoms with Gasteiger partial charge in [-0.15, -0.1) is 0 Å². The summed E-state index contributed by atoms with van der Waals surface area (Å²) >= 11 is 0. The third-order valence-corrected chi connectivity index (χ3v) is 4.92. The van der Waals surface area contributed by atoms with Crippen LogP contribution in [0.15, 0.2) is 65.5 Å². The van der Waals surface area contributed by atoms with Crippen LogP contribution in [0.5, 0.6) is 0 Å². The third kappa shape index (κ3) is 3.23. The molecule has 0 aliphatic rings.